The van der Waals surface area contributed by atoms with Crippen LogP contribution in [0, 0.1) is 5.92 Å². The second kappa shape index (κ2) is 38.8. The second-order valence-electron chi connectivity index (χ2n) is 31.0. The number of alkyl carbamates (subject to hydrolysis) is 1. The van der Waals surface area contributed by atoms with Gasteiger partial charge in [-0.15, -0.1) is 0 Å². The zero-order chi connectivity index (χ0) is 76.5. The Labute approximate surface area is 588 Å². The Balaban J connectivity index is 2.86. The van der Waals surface area contributed by atoms with E-state index in [1.807, 2.05) is 41.5 Å². The van der Waals surface area contributed by atoms with Crippen LogP contribution in [0.2, 0.25) is 0 Å². The minimum absolute atomic E-state index is 0.0561. The van der Waals surface area contributed by atoms with Crippen molar-refractivity contribution in [2.75, 3.05) is 13.2 Å². The van der Waals surface area contributed by atoms with Crippen molar-refractivity contribution in [1.29, 1.82) is 0 Å². The third-order valence-corrected chi connectivity index (χ3v) is 13.5. The maximum atomic E-state index is 15.2. The monoisotopic (exact) mass is 1410 g/mol. The van der Waals surface area contributed by atoms with Crippen molar-refractivity contribution in [3.8, 4) is 11.5 Å². The van der Waals surface area contributed by atoms with Crippen molar-refractivity contribution in [1.82, 2.24) is 42.5 Å². The van der Waals surface area contributed by atoms with Gasteiger partial charge in [-0.1, -0.05) is 38.1 Å². The summed E-state index contributed by atoms with van der Waals surface area (Å²) in [5, 5.41) is 40.0. The highest BCUT2D eigenvalue weighted by Gasteiger charge is 2.38. The van der Waals surface area contributed by atoms with Gasteiger partial charge in [0.1, 0.15) is 81.8 Å². The number of carboxylic acid groups (broad SMARTS) is 2. The highest BCUT2D eigenvalue weighted by Crippen LogP contribution is 2.23. The van der Waals surface area contributed by atoms with E-state index >= 15 is 14.4 Å². The fourth-order valence-corrected chi connectivity index (χ4v) is 9.30. The number of carbonyl (C=O) groups excluding carboxylic acids is 10. The summed E-state index contributed by atoms with van der Waals surface area (Å²) < 4.78 is 34.3. The van der Waals surface area contributed by atoms with Gasteiger partial charge in [0.15, 0.2) is 0 Å². The van der Waals surface area contributed by atoms with E-state index < -0.39 is 186 Å². The summed E-state index contributed by atoms with van der Waals surface area (Å²) in [6.45, 7) is 33.9. The number of carboxylic acids is 2. The summed E-state index contributed by atoms with van der Waals surface area (Å²) in [4.78, 5) is 165. The molecule has 0 bridgehead atoms. The number of nitrogens with one attached hydrogen (secondary N) is 8. The molecule has 0 aliphatic heterocycles. The molecular weight excluding hydrogens is 1300 g/mol. The van der Waals surface area contributed by atoms with Crippen molar-refractivity contribution in [2.45, 2.75) is 285 Å². The van der Waals surface area contributed by atoms with Crippen LogP contribution in [0.1, 0.15) is 201 Å². The van der Waals surface area contributed by atoms with Crippen LogP contribution in [0.3, 0.4) is 0 Å². The average Bonchev–Trinajstić information content (AvgIpc) is 0.849. The Morgan fingerprint density at radius 1 is 0.420 bits per heavy atom. The molecule has 562 valence electrons. The number of hydrogen-bond donors (Lipinski definition) is 11. The Bertz CT molecular complexity index is 3080. The first-order chi connectivity index (χ1) is 45.7. The molecule has 100 heavy (non-hydrogen) atoms. The van der Waals surface area contributed by atoms with Gasteiger partial charge in [-0.05, 0) is 198 Å². The number of nitrogens with two attached hydrogens (primary N) is 1. The summed E-state index contributed by atoms with van der Waals surface area (Å²) in [5.41, 5.74) is 2.34. The molecule has 2 rings (SSSR count). The van der Waals surface area contributed by atoms with E-state index in [2.05, 4.69) is 42.5 Å². The van der Waals surface area contributed by atoms with E-state index in [0.717, 1.165) is 0 Å². The van der Waals surface area contributed by atoms with Gasteiger partial charge < -0.3 is 86.9 Å². The molecule has 0 radical (unpaired) electrons. The lowest BCUT2D eigenvalue weighted by atomic mass is 9.99. The molecule has 0 aromatic heterocycles. The third kappa shape index (κ3) is 38.1. The number of aliphatic carboxylic acids is 2. The number of unbranched alkanes of at least 4 members (excludes halogenated alkanes) is 1. The molecule has 29 nitrogen and oxygen atoms in total. The Kier molecular flexibility index (Phi) is 34.0. The van der Waals surface area contributed by atoms with Crippen molar-refractivity contribution in [3.63, 3.8) is 0 Å². The number of benzene rings is 2. The highest BCUT2D eigenvalue weighted by molar-refractivity contribution is 5.98. The maximum absolute atomic E-state index is 15.2. The number of carbonyl (C=O) groups is 12. The quantitative estimate of drug-likeness (QED) is 0.0225. The van der Waals surface area contributed by atoms with Gasteiger partial charge in [0.2, 0.25) is 41.4 Å². The Morgan fingerprint density at radius 3 is 1.23 bits per heavy atom. The lowest BCUT2D eigenvalue weighted by Crippen LogP contribution is -2.61. The zero-order valence-corrected chi connectivity index (χ0v) is 62.1. The first-order valence-electron chi connectivity index (χ1n) is 33.7. The molecule has 29 heteroatoms. The molecule has 0 unspecified atom stereocenters. The molecular formula is C71H113N9O20. The number of ether oxygens (including phenoxy) is 6. The zero-order valence-electron chi connectivity index (χ0n) is 62.1. The summed E-state index contributed by atoms with van der Waals surface area (Å²) >= 11 is 0. The first kappa shape index (κ1) is 87.5. The Hall–Kier alpha value is -8.60. The molecule has 2 aromatic carbocycles. The van der Waals surface area contributed by atoms with Crippen molar-refractivity contribution in [3.05, 3.63) is 59.7 Å². The largest absolute Gasteiger partial charge is 0.488 e. The van der Waals surface area contributed by atoms with Gasteiger partial charge in [-0.2, -0.15) is 0 Å². The average molecular weight is 1410 g/mol. The van der Waals surface area contributed by atoms with Crippen LogP contribution < -0.4 is 57.7 Å². The van der Waals surface area contributed by atoms with Crippen LogP contribution >= 0.6 is 0 Å². The molecule has 8 atom stereocenters. The molecule has 0 saturated carbocycles. The molecule has 0 fully saturated rings. The van der Waals surface area contributed by atoms with Crippen LogP contribution in [0.5, 0.6) is 11.5 Å². The van der Waals surface area contributed by atoms with Crippen LogP contribution in [0.4, 0.5) is 4.79 Å². The summed E-state index contributed by atoms with van der Waals surface area (Å²) in [6.07, 6.45) is -3.68. The Morgan fingerprint density at radius 2 is 0.800 bits per heavy atom. The second-order valence-corrected chi connectivity index (χ2v) is 31.0. The number of esters is 2. The van der Waals surface area contributed by atoms with Crippen LogP contribution in [0.15, 0.2) is 48.5 Å². The molecule has 0 saturated heterocycles. The van der Waals surface area contributed by atoms with Gasteiger partial charge in [0.25, 0.3) is 0 Å². The van der Waals surface area contributed by atoms with Gasteiger partial charge in [-0.3, -0.25) is 47.9 Å². The molecule has 0 aliphatic carbocycles. The minimum Gasteiger partial charge on any atom is -0.488 e. The fourth-order valence-electron chi connectivity index (χ4n) is 9.30. The predicted molar refractivity (Wildman–Crippen MR) is 371 cm³/mol. The van der Waals surface area contributed by atoms with E-state index in [1.54, 1.807) is 145 Å². The topological polar surface area (TPSA) is 423 Å². The highest BCUT2D eigenvalue weighted by atomic mass is 16.6. The van der Waals surface area contributed by atoms with E-state index in [4.69, 9.17) is 34.2 Å². The van der Waals surface area contributed by atoms with Crippen molar-refractivity contribution >= 4 is 71.3 Å². The summed E-state index contributed by atoms with van der Waals surface area (Å²) in [6, 6.07) is 0.498. The predicted octanol–water partition coefficient (Wildman–Crippen LogP) is 5.52. The molecule has 0 aliphatic rings. The van der Waals surface area contributed by atoms with Gasteiger partial charge >= 0.3 is 30.0 Å². The fraction of sp³-hybridized carbons (Fsp3) is 0.662. The van der Waals surface area contributed by atoms with Crippen LogP contribution in [-0.4, -0.2) is 177 Å². The normalized spacial score (nSPS) is 14.5. The number of rotatable bonds is 37. The van der Waals surface area contributed by atoms with Crippen LogP contribution in [-0.2, 0) is 84.5 Å². The molecule has 2 aromatic rings. The van der Waals surface area contributed by atoms with E-state index in [1.165, 1.54) is 0 Å². The minimum atomic E-state index is -1.83. The van der Waals surface area contributed by atoms with E-state index in [-0.39, 0.29) is 51.0 Å². The summed E-state index contributed by atoms with van der Waals surface area (Å²) in [7, 11) is 0. The lowest BCUT2D eigenvalue weighted by Gasteiger charge is -2.29. The van der Waals surface area contributed by atoms with Crippen molar-refractivity contribution in [2.24, 2.45) is 11.7 Å². The maximum Gasteiger partial charge on any atom is 0.407 e. The van der Waals surface area contributed by atoms with Gasteiger partial charge in [-0.25, -0.2) is 9.59 Å². The standard InChI is InChI=1S/C71H113N9O20/c1-41(2)35-49(59(87)79-52(39-56(84)99-70(15,16)17)62(90)75-48(64(92)93)32-33-54(81)82)77-60(88)51(37-43-26-30-45(31-27-43)97-68(9,10)11)78-58(86)47(23-21-22-34-73-65(94)100-71(18,19)20)74-63(91)53(40-95-66(3,4)5)80-61(89)50(36-42-24-28-44(29-25-42)96-67(6,7)8)76-57(85)46(72)38-55(83)98-69(12,13)14/h24-31,41,46-53H,21-23,32-40,72H2,1-20H3,(H,73,94)(H,74,91)(H,75,90)(H,76,85)(H,77,88)(H,78,86)(H,79,87)(H,80,89)(H,81,82)(H,92,93)/t46-,47-,48-,49-,50-,51-,52-,53-/m0/s1. The molecule has 0 heterocycles. The summed E-state index contributed by atoms with van der Waals surface area (Å²) in [5.74, 6) is -11.0. The number of amides is 8. The molecule has 8 amide bonds. The first-order valence-corrected chi connectivity index (χ1v) is 33.7. The SMILES string of the molecule is CC(C)C[C@H](NC(=O)[C@H](Cc1ccc(OC(C)(C)C)cc1)NC(=O)[C@H](CCCCNC(=O)OC(C)(C)C)NC(=O)[C@H](COC(C)(C)C)NC(=O)[C@H](Cc1ccc(OC(C)(C)C)cc1)NC(=O)[C@@H](N)CC(=O)OC(C)(C)C)C(=O)N[C@@H](CC(=O)OC(C)(C)C)C(=O)N[C@@H](CCC(=O)O)C(=O)O. The van der Waals surface area contributed by atoms with Crippen molar-refractivity contribution < 1.29 is 96.2 Å². The van der Waals surface area contributed by atoms with Crippen LogP contribution in [0.25, 0.3) is 0 Å². The van der Waals surface area contributed by atoms with Gasteiger partial charge in [0.05, 0.1) is 31.1 Å². The third-order valence-electron chi connectivity index (χ3n) is 13.5. The van der Waals surface area contributed by atoms with E-state index in [9.17, 15) is 53.4 Å². The smallest absolute Gasteiger partial charge is 0.407 e. The molecule has 0 spiro atoms. The molecule has 12 N–H and O–H groups in total. The number of hydrogen-bond acceptors (Lipinski definition) is 19. The van der Waals surface area contributed by atoms with E-state index in [0.29, 0.717) is 22.6 Å². The lowest BCUT2D eigenvalue weighted by molar-refractivity contribution is -0.157. The van der Waals surface area contributed by atoms with Gasteiger partial charge in [0, 0.05) is 25.8 Å².